The first-order valence-electron chi connectivity index (χ1n) is 5.63. The Labute approximate surface area is 108 Å². The predicted octanol–water partition coefficient (Wildman–Crippen LogP) is 2.47. The Hall–Kier alpha value is -3.00. The van der Waals surface area contributed by atoms with E-state index in [4.69, 9.17) is 14.6 Å². The topological polar surface area (TPSA) is 90.2 Å². The number of nitrogens with zero attached hydrogens (tertiary/aromatic N) is 1. The molecule has 5 heteroatoms. The van der Waals surface area contributed by atoms with Crippen molar-refractivity contribution in [3.63, 3.8) is 0 Å². The molecule has 3 N–H and O–H groups in total. The summed E-state index contributed by atoms with van der Waals surface area (Å²) in [4.78, 5) is 2.95. The molecule has 0 unspecified atom stereocenters. The molecule has 3 aromatic rings. The van der Waals surface area contributed by atoms with Crippen molar-refractivity contribution in [1.29, 1.82) is 5.26 Å². The summed E-state index contributed by atoms with van der Waals surface area (Å²) in [5.41, 5.74) is 7.56. The zero-order valence-corrected chi connectivity index (χ0v) is 9.88. The Kier molecular flexibility index (Phi) is 2.54. The first-order chi connectivity index (χ1) is 9.29. The van der Waals surface area contributed by atoms with Gasteiger partial charge in [-0.15, -0.1) is 0 Å². The molecule has 0 spiro atoms. The highest BCUT2D eigenvalue weighted by atomic mass is 16.3. The molecule has 3 heterocycles. The first-order valence-corrected chi connectivity index (χ1v) is 5.63. The second-order valence-corrected chi connectivity index (χ2v) is 3.95. The lowest BCUT2D eigenvalue weighted by Crippen LogP contribution is -2.16. The van der Waals surface area contributed by atoms with Crippen LogP contribution in [0.5, 0.6) is 0 Å². The molecule has 0 aliphatic heterocycles. The number of anilines is 1. The number of nitrogen functional groups attached to an aromatic ring is 1. The smallest absolute Gasteiger partial charge is 0.289 e. The number of nitrogens with one attached hydrogen (secondary N) is 1. The van der Waals surface area contributed by atoms with Crippen LogP contribution in [0.25, 0.3) is 22.8 Å². The number of aromatic nitrogens is 1. The molecule has 0 saturated heterocycles. The third-order valence-corrected chi connectivity index (χ3v) is 2.78. The van der Waals surface area contributed by atoms with E-state index in [2.05, 4.69) is 11.1 Å². The van der Waals surface area contributed by atoms with Crippen LogP contribution in [0.4, 0.5) is 5.82 Å². The summed E-state index contributed by atoms with van der Waals surface area (Å²) >= 11 is 0. The molecule has 0 bridgehead atoms. The first kappa shape index (κ1) is 11.1. The van der Waals surface area contributed by atoms with Crippen molar-refractivity contribution in [2.45, 2.75) is 0 Å². The number of furan rings is 2. The summed E-state index contributed by atoms with van der Waals surface area (Å²) < 4.78 is 10.7. The number of nitriles is 1. The number of aromatic amines is 1. The molecular formula is C14H10N3O2+. The van der Waals surface area contributed by atoms with E-state index in [9.17, 15) is 5.26 Å². The fourth-order valence-corrected chi connectivity index (χ4v) is 1.92. The summed E-state index contributed by atoms with van der Waals surface area (Å²) in [5.74, 6) is 1.51. The van der Waals surface area contributed by atoms with Gasteiger partial charge in [0.15, 0.2) is 17.0 Å². The van der Waals surface area contributed by atoms with Crippen LogP contribution in [-0.4, -0.2) is 0 Å². The lowest BCUT2D eigenvalue weighted by Gasteiger charge is -2.02. The lowest BCUT2D eigenvalue weighted by molar-refractivity contribution is -0.348. The Morgan fingerprint density at radius 2 is 1.79 bits per heavy atom. The Morgan fingerprint density at radius 1 is 1.11 bits per heavy atom. The Balaban J connectivity index is 2.25. The van der Waals surface area contributed by atoms with Gasteiger partial charge in [-0.1, -0.05) is 0 Å². The van der Waals surface area contributed by atoms with Crippen LogP contribution in [-0.2, 0) is 0 Å². The van der Waals surface area contributed by atoms with Gasteiger partial charge in [-0.3, -0.25) is 5.73 Å². The third kappa shape index (κ3) is 1.85. The number of H-pyrrole nitrogens is 1. The fourth-order valence-electron chi connectivity index (χ4n) is 1.92. The van der Waals surface area contributed by atoms with Gasteiger partial charge in [-0.2, -0.15) is 5.26 Å². The summed E-state index contributed by atoms with van der Waals surface area (Å²) in [5, 5.41) is 9.20. The van der Waals surface area contributed by atoms with Gasteiger partial charge < -0.3 is 8.83 Å². The molecule has 0 amide bonds. The number of nitrogens with two attached hydrogens (primary N) is 1. The summed E-state index contributed by atoms with van der Waals surface area (Å²) in [6, 6.07) is 11.0. The summed E-state index contributed by atoms with van der Waals surface area (Å²) in [6.45, 7) is 0. The molecule has 3 aromatic heterocycles. The number of pyridine rings is 1. The van der Waals surface area contributed by atoms with Crippen molar-refractivity contribution in [3.8, 4) is 28.8 Å². The van der Waals surface area contributed by atoms with Gasteiger partial charge in [0, 0.05) is 11.6 Å². The zero-order chi connectivity index (χ0) is 13.2. The Bertz CT molecular complexity index is 738. The molecule has 0 saturated carbocycles. The van der Waals surface area contributed by atoms with Crippen molar-refractivity contribution in [1.82, 2.24) is 0 Å². The molecule has 0 radical (unpaired) electrons. The highest BCUT2D eigenvalue weighted by molar-refractivity contribution is 5.73. The largest absolute Gasteiger partial charge is 0.464 e. The van der Waals surface area contributed by atoms with Crippen LogP contribution in [0.3, 0.4) is 0 Å². The van der Waals surface area contributed by atoms with E-state index in [-0.39, 0.29) is 5.82 Å². The van der Waals surface area contributed by atoms with E-state index < -0.39 is 0 Å². The monoisotopic (exact) mass is 252 g/mol. The fraction of sp³-hybridized carbons (Fsp3) is 0. The molecule has 19 heavy (non-hydrogen) atoms. The van der Waals surface area contributed by atoms with E-state index in [0.29, 0.717) is 28.3 Å². The third-order valence-electron chi connectivity index (χ3n) is 2.78. The lowest BCUT2D eigenvalue weighted by atomic mass is 10.1. The van der Waals surface area contributed by atoms with Gasteiger partial charge >= 0.3 is 0 Å². The van der Waals surface area contributed by atoms with Gasteiger partial charge in [0.1, 0.15) is 11.8 Å². The van der Waals surface area contributed by atoms with Crippen LogP contribution in [0.1, 0.15) is 5.56 Å². The minimum atomic E-state index is 0.280. The average Bonchev–Trinajstić information content (AvgIpc) is 3.11. The van der Waals surface area contributed by atoms with Crippen LogP contribution in [0, 0.1) is 11.3 Å². The van der Waals surface area contributed by atoms with Gasteiger partial charge in [-0.25, -0.2) is 4.98 Å². The average molecular weight is 252 g/mol. The number of hydrogen-bond acceptors (Lipinski definition) is 4. The molecular weight excluding hydrogens is 242 g/mol. The maximum absolute atomic E-state index is 9.20. The van der Waals surface area contributed by atoms with E-state index in [1.165, 1.54) is 0 Å². The number of rotatable bonds is 2. The molecule has 5 nitrogen and oxygen atoms in total. The molecule has 3 rings (SSSR count). The molecule has 0 aliphatic carbocycles. The standard InChI is InChI=1S/C14H9N3O2/c15-8-10-9(12-3-1-5-18-12)7-11(17-14(10)16)13-4-2-6-19-13/h1-7H,(H2,16,17)/p+1. The highest BCUT2D eigenvalue weighted by Gasteiger charge is 2.19. The second kappa shape index (κ2) is 4.35. The number of hydrogen-bond donors (Lipinski definition) is 1. The quantitative estimate of drug-likeness (QED) is 0.758. The molecule has 0 aromatic carbocycles. The zero-order valence-electron chi connectivity index (χ0n) is 9.88. The molecule has 92 valence electrons. The van der Waals surface area contributed by atoms with Crippen molar-refractivity contribution in [2.24, 2.45) is 0 Å². The highest BCUT2D eigenvalue weighted by Crippen LogP contribution is 2.29. The van der Waals surface area contributed by atoms with Crippen molar-refractivity contribution in [2.75, 3.05) is 5.73 Å². The predicted molar refractivity (Wildman–Crippen MR) is 67.5 cm³/mol. The van der Waals surface area contributed by atoms with E-state index in [0.717, 1.165) is 0 Å². The summed E-state index contributed by atoms with van der Waals surface area (Å²) in [6.07, 6.45) is 3.13. The second-order valence-electron chi connectivity index (χ2n) is 3.95. The molecule has 0 fully saturated rings. The van der Waals surface area contributed by atoms with Crippen molar-refractivity contribution in [3.05, 3.63) is 48.4 Å². The van der Waals surface area contributed by atoms with E-state index in [1.54, 1.807) is 36.8 Å². The van der Waals surface area contributed by atoms with Crippen LogP contribution in [0.2, 0.25) is 0 Å². The van der Waals surface area contributed by atoms with Crippen LogP contribution in [0.15, 0.2) is 51.7 Å². The van der Waals surface area contributed by atoms with Crippen LogP contribution < -0.4 is 10.7 Å². The van der Waals surface area contributed by atoms with Crippen molar-refractivity contribution < 1.29 is 13.8 Å². The normalized spacial score (nSPS) is 10.3. The van der Waals surface area contributed by atoms with Gasteiger partial charge in [0.25, 0.3) is 5.82 Å². The Morgan fingerprint density at radius 3 is 2.37 bits per heavy atom. The molecule has 0 atom stereocenters. The van der Waals surface area contributed by atoms with Crippen LogP contribution >= 0.6 is 0 Å². The van der Waals surface area contributed by atoms with Gasteiger partial charge in [-0.05, 0) is 24.3 Å². The minimum absolute atomic E-state index is 0.280. The van der Waals surface area contributed by atoms with E-state index in [1.807, 2.05) is 6.07 Å². The van der Waals surface area contributed by atoms with Gasteiger partial charge in [0.2, 0.25) is 0 Å². The maximum Gasteiger partial charge on any atom is 0.289 e. The van der Waals surface area contributed by atoms with Gasteiger partial charge in [0.05, 0.1) is 12.5 Å². The van der Waals surface area contributed by atoms with Crippen molar-refractivity contribution >= 4 is 5.82 Å². The SMILES string of the molecule is N#Cc1c(-c2ccco2)cc(-c2ccco2)[nH+]c1N. The minimum Gasteiger partial charge on any atom is -0.464 e. The molecule has 0 aliphatic rings. The maximum atomic E-state index is 9.20. The summed E-state index contributed by atoms with van der Waals surface area (Å²) in [7, 11) is 0. The van der Waals surface area contributed by atoms with E-state index >= 15 is 0 Å².